The van der Waals surface area contributed by atoms with Crippen molar-refractivity contribution in [2.45, 2.75) is 13.0 Å². The molecule has 0 saturated carbocycles. The van der Waals surface area contributed by atoms with Crippen molar-refractivity contribution in [2.75, 3.05) is 0 Å². The normalized spacial score (nSPS) is 10.6. The molecule has 0 aromatic heterocycles. The van der Waals surface area contributed by atoms with Crippen LogP contribution in [0.2, 0.25) is 0 Å². The van der Waals surface area contributed by atoms with Gasteiger partial charge in [-0.15, -0.1) is 24.8 Å². The highest BCUT2D eigenvalue weighted by atomic mass is 35.5. The predicted octanol–water partition coefficient (Wildman–Crippen LogP) is -0.302. The van der Waals surface area contributed by atoms with Crippen LogP contribution in [0.3, 0.4) is 0 Å². The van der Waals surface area contributed by atoms with Crippen molar-refractivity contribution in [2.24, 2.45) is 5.90 Å². The first-order valence-electron chi connectivity index (χ1n) is 2.02. The lowest BCUT2D eigenvalue weighted by Crippen LogP contribution is -2.35. The summed E-state index contributed by atoms with van der Waals surface area (Å²) < 4.78 is 0. The van der Waals surface area contributed by atoms with E-state index in [-0.39, 0.29) is 24.8 Å². The van der Waals surface area contributed by atoms with E-state index in [0.29, 0.717) is 0 Å². The van der Waals surface area contributed by atoms with Gasteiger partial charge >= 0.3 is 5.97 Å². The molecule has 64 valence electrons. The van der Waals surface area contributed by atoms with Crippen molar-refractivity contribution in [3.05, 3.63) is 0 Å². The molecular formula is C3H10Cl2N2O3. The molecule has 0 aromatic rings. The number of hydrogen-bond acceptors (Lipinski definition) is 4. The first-order chi connectivity index (χ1) is 3.68. The van der Waals surface area contributed by atoms with Crippen molar-refractivity contribution < 1.29 is 14.8 Å². The minimum absolute atomic E-state index is 0. The van der Waals surface area contributed by atoms with E-state index in [1.165, 1.54) is 6.92 Å². The van der Waals surface area contributed by atoms with Gasteiger partial charge < -0.3 is 5.11 Å². The maximum absolute atomic E-state index is 9.89. The minimum atomic E-state index is -1.00. The number of aliphatic carboxylic acids is 1. The summed E-state index contributed by atoms with van der Waals surface area (Å²) in [6.07, 6.45) is 0. The van der Waals surface area contributed by atoms with Gasteiger partial charge in [-0.2, -0.15) is 11.4 Å². The molecule has 0 amide bonds. The van der Waals surface area contributed by atoms with E-state index in [4.69, 9.17) is 5.11 Å². The van der Waals surface area contributed by atoms with E-state index in [2.05, 4.69) is 10.8 Å². The van der Waals surface area contributed by atoms with Gasteiger partial charge in [0.2, 0.25) is 0 Å². The van der Waals surface area contributed by atoms with Gasteiger partial charge in [-0.1, -0.05) is 0 Å². The third-order valence-electron chi connectivity index (χ3n) is 0.615. The zero-order valence-electron chi connectivity index (χ0n) is 5.23. The van der Waals surface area contributed by atoms with Crippen LogP contribution in [0.4, 0.5) is 0 Å². The van der Waals surface area contributed by atoms with Crippen LogP contribution in [0.1, 0.15) is 6.92 Å². The fraction of sp³-hybridized carbons (Fsp3) is 0.667. The molecule has 0 aliphatic rings. The molecule has 0 aromatic carbocycles. The summed E-state index contributed by atoms with van der Waals surface area (Å²) in [4.78, 5) is 13.7. The third-order valence-corrected chi connectivity index (χ3v) is 0.615. The zero-order chi connectivity index (χ0) is 6.57. The second kappa shape index (κ2) is 8.93. The van der Waals surface area contributed by atoms with E-state index in [1.807, 2.05) is 5.48 Å². The van der Waals surface area contributed by atoms with Crippen LogP contribution in [0.15, 0.2) is 0 Å². The van der Waals surface area contributed by atoms with Crippen molar-refractivity contribution in [1.29, 1.82) is 0 Å². The van der Waals surface area contributed by atoms with Gasteiger partial charge in [-0.3, -0.25) is 4.79 Å². The second-order valence-electron chi connectivity index (χ2n) is 1.30. The number of nitrogens with one attached hydrogen (secondary N) is 1. The Hall–Kier alpha value is -0.0700. The highest BCUT2D eigenvalue weighted by Crippen LogP contribution is 1.76. The number of carboxylic acid groups (broad SMARTS) is 1. The van der Waals surface area contributed by atoms with E-state index >= 15 is 0 Å². The molecule has 0 bridgehead atoms. The van der Waals surface area contributed by atoms with E-state index in [0.717, 1.165) is 0 Å². The SMILES string of the molecule is C[C@H](NON)C(=O)O.Cl.Cl. The average molecular weight is 193 g/mol. The first-order valence-corrected chi connectivity index (χ1v) is 2.02. The Balaban J connectivity index is -0.000000245. The Morgan fingerprint density at radius 3 is 2.20 bits per heavy atom. The van der Waals surface area contributed by atoms with Gasteiger partial charge in [0, 0.05) is 0 Å². The molecule has 1 atom stereocenters. The minimum Gasteiger partial charge on any atom is -0.480 e. The van der Waals surface area contributed by atoms with Crippen LogP contribution in [0.5, 0.6) is 0 Å². The molecule has 0 fully saturated rings. The summed E-state index contributed by atoms with van der Waals surface area (Å²) >= 11 is 0. The molecule has 0 aliphatic heterocycles. The number of hydroxylamine groups is 1. The van der Waals surface area contributed by atoms with Gasteiger partial charge in [-0.25, -0.2) is 4.94 Å². The number of halogens is 2. The number of nitrogens with two attached hydrogens (primary N) is 1. The number of hydrogen-bond donors (Lipinski definition) is 3. The summed E-state index contributed by atoms with van der Waals surface area (Å²) in [7, 11) is 0. The molecule has 10 heavy (non-hydrogen) atoms. The summed E-state index contributed by atoms with van der Waals surface area (Å²) in [6.45, 7) is 1.41. The average Bonchev–Trinajstić information content (AvgIpc) is 1.67. The summed E-state index contributed by atoms with van der Waals surface area (Å²) in [5, 5.41) is 8.12. The molecule has 7 heteroatoms. The van der Waals surface area contributed by atoms with Crippen molar-refractivity contribution in [3.63, 3.8) is 0 Å². The van der Waals surface area contributed by atoms with Gasteiger partial charge in [-0.05, 0) is 6.92 Å². The van der Waals surface area contributed by atoms with E-state index < -0.39 is 12.0 Å². The lowest BCUT2D eigenvalue weighted by molar-refractivity contribution is -0.143. The van der Waals surface area contributed by atoms with Crippen molar-refractivity contribution in [1.82, 2.24) is 5.48 Å². The van der Waals surface area contributed by atoms with Crippen LogP contribution >= 0.6 is 24.8 Å². The summed E-state index contributed by atoms with van der Waals surface area (Å²) in [6, 6.07) is -0.764. The summed E-state index contributed by atoms with van der Waals surface area (Å²) in [5.41, 5.74) is 2.02. The quantitative estimate of drug-likeness (QED) is 0.535. The largest absolute Gasteiger partial charge is 0.480 e. The number of carboxylic acids is 1. The van der Waals surface area contributed by atoms with Gasteiger partial charge in [0.25, 0.3) is 0 Å². The molecule has 0 saturated heterocycles. The Labute approximate surface area is 70.6 Å². The molecule has 0 unspecified atom stereocenters. The van der Waals surface area contributed by atoms with Gasteiger partial charge in [0.1, 0.15) is 6.04 Å². The Morgan fingerprint density at radius 1 is 1.70 bits per heavy atom. The highest BCUT2D eigenvalue weighted by molar-refractivity contribution is 5.85. The molecule has 0 spiro atoms. The second-order valence-corrected chi connectivity index (χ2v) is 1.30. The molecule has 0 radical (unpaired) electrons. The predicted molar refractivity (Wildman–Crippen MR) is 40.0 cm³/mol. The Kier molecular flexibility index (Phi) is 14.7. The lowest BCUT2D eigenvalue weighted by atomic mass is 10.4. The molecule has 0 rings (SSSR count). The zero-order valence-corrected chi connectivity index (χ0v) is 6.87. The molecule has 4 N–H and O–H groups in total. The summed E-state index contributed by atoms with van der Waals surface area (Å²) in [5.74, 6) is 3.49. The molecule has 0 heterocycles. The van der Waals surface area contributed by atoms with Crippen molar-refractivity contribution >= 4 is 30.8 Å². The fourth-order valence-corrected chi connectivity index (χ4v) is 0.152. The van der Waals surface area contributed by atoms with E-state index in [1.54, 1.807) is 0 Å². The first kappa shape index (κ1) is 16.5. The molecule has 0 aliphatic carbocycles. The van der Waals surface area contributed by atoms with Crippen LogP contribution in [0.25, 0.3) is 0 Å². The van der Waals surface area contributed by atoms with Crippen molar-refractivity contribution in [3.8, 4) is 0 Å². The Morgan fingerprint density at radius 2 is 2.10 bits per heavy atom. The highest BCUT2D eigenvalue weighted by Gasteiger charge is 2.07. The van der Waals surface area contributed by atoms with Crippen LogP contribution in [0, 0.1) is 0 Å². The topological polar surface area (TPSA) is 84.6 Å². The molecular weight excluding hydrogens is 183 g/mol. The van der Waals surface area contributed by atoms with Crippen LogP contribution in [-0.4, -0.2) is 17.1 Å². The standard InChI is InChI=1S/C3H8N2O3.2ClH/c1-2(3(6)7)5-8-4;;/h2,5H,4H2,1H3,(H,6,7);2*1H/t2-;;/m0../s1. The van der Waals surface area contributed by atoms with Crippen LogP contribution < -0.4 is 11.4 Å². The van der Waals surface area contributed by atoms with Gasteiger partial charge in [0.05, 0.1) is 0 Å². The number of carbonyl (C=O) groups is 1. The fourth-order valence-electron chi connectivity index (χ4n) is 0.152. The Bertz CT molecular complexity index is 91.8. The third kappa shape index (κ3) is 7.93. The maximum atomic E-state index is 9.89. The smallest absolute Gasteiger partial charge is 0.322 e. The monoisotopic (exact) mass is 192 g/mol. The number of rotatable bonds is 3. The molecule has 5 nitrogen and oxygen atoms in total. The maximum Gasteiger partial charge on any atom is 0.322 e. The van der Waals surface area contributed by atoms with Crippen LogP contribution in [-0.2, 0) is 9.73 Å². The van der Waals surface area contributed by atoms with Gasteiger partial charge in [0.15, 0.2) is 0 Å². The lowest BCUT2D eigenvalue weighted by Gasteiger charge is -2.02. The van der Waals surface area contributed by atoms with E-state index in [9.17, 15) is 4.79 Å².